The molecular formula is C19H20O3. The molecule has 0 fully saturated rings. The van der Waals surface area contributed by atoms with Crippen molar-refractivity contribution in [2.24, 2.45) is 0 Å². The summed E-state index contributed by atoms with van der Waals surface area (Å²) in [6, 6.07) is 16.3. The highest BCUT2D eigenvalue weighted by Crippen LogP contribution is 2.51. The van der Waals surface area contributed by atoms with Crippen LogP contribution >= 0.6 is 0 Å². The molecule has 114 valence electrons. The summed E-state index contributed by atoms with van der Waals surface area (Å²) >= 11 is 0. The Morgan fingerprint density at radius 3 is 1.95 bits per heavy atom. The quantitative estimate of drug-likeness (QED) is 0.785. The van der Waals surface area contributed by atoms with E-state index < -0.39 is 5.60 Å². The Hall–Kier alpha value is -2.13. The molecule has 0 aromatic heterocycles. The van der Waals surface area contributed by atoms with Gasteiger partial charge in [0.05, 0.1) is 13.0 Å². The Morgan fingerprint density at radius 2 is 1.45 bits per heavy atom. The minimum Gasteiger partial charge on any atom is -0.466 e. The molecule has 0 spiro atoms. The normalized spacial score (nSPS) is 14.3. The van der Waals surface area contributed by atoms with E-state index >= 15 is 0 Å². The number of ether oxygens (including phenoxy) is 2. The Bertz CT molecular complexity index is 645. The molecule has 0 saturated carbocycles. The number of hydrogen-bond donors (Lipinski definition) is 0. The van der Waals surface area contributed by atoms with Crippen LogP contribution in [-0.4, -0.2) is 19.2 Å². The SMILES string of the molecule is CCOC(=O)CC1(OCC)c2ccccc2-c2ccccc21. The topological polar surface area (TPSA) is 35.5 Å². The molecule has 2 aromatic carbocycles. The van der Waals surface area contributed by atoms with Crippen LogP contribution in [0.3, 0.4) is 0 Å². The molecule has 0 atom stereocenters. The van der Waals surface area contributed by atoms with Crippen molar-refractivity contribution in [1.82, 2.24) is 0 Å². The second-order valence-corrected chi connectivity index (χ2v) is 5.33. The molecule has 0 N–H and O–H groups in total. The van der Waals surface area contributed by atoms with E-state index in [0.717, 1.165) is 22.3 Å². The number of rotatable bonds is 5. The predicted molar refractivity (Wildman–Crippen MR) is 85.5 cm³/mol. The van der Waals surface area contributed by atoms with Crippen LogP contribution in [0.15, 0.2) is 48.5 Å². The highest BCUT2D eigenvalue weighted by atomic mass is 16.5. The third-order valence-electron chi connectivity index (χ3n) is 4.10. The van der Waals surface area contributed by atoms with Crippen molar-refractivity contribution in [3.63, 3.8) is 0 Å². The van der Waals surface area contributed by atoms with Crippen LogP contribution in [0.1, 0.15) is 31.4 Å². The lowest BCUT2D eigenvalue weighted by atomic mass is 9.87. The lowest BCUT2D eigenvalue weighted by molar-refractivity contribution is -0.149. The molecule has 2 aromatic rings. The number of carbonyl (C=O) groups excluding carboxylic acids is 1. The van der Waals surface area contributed by atoms with E-state index in [9.17, 15) is 4.79 Å². The summed E-state index contributed by atoms with van der Waals surface area (Å²) in [5.74, 6) is -0.234. The lowest BCUT2D eigenvalue weighted by Gasteiger charge is -2.31. The van der Waals surface area contributed by atoms with Gasteiger partial charge in [-0.2, -0.15) is 0 Å². The Kier molecular flexibility index (Phi) is 3.99. The van der Waals surface area contributed by atoms with Gasteiger partial charge in [-0.3, -0.25) is 4.79 Å². The Balaban J connectivity index is 2.17. The van der Waals surface area contributed by atoms with Crippen LogP contribution in [0, 0.1) is 0 Å². The maximum atomic E-state index is 12.2. The Morgan fingerprint density at radius 1 is 0.909 bits per heavy atom. The second kappa shape index (κ2) is 5.93. The predicted octanol–water partition coefficient (Wildman–Crippen LogP) is 3.90. The van der Waals surface area contributed by atoms with E-state index in [-0.39, 0.29) is 12.4 Å². The molecule has 3 nitrogen and oxygen atoms in total. The van der Waals surface area contributed by atoms with Gasteiger partial charge in [0.25, 0.3) is 0 Å². The number of esters is 1. The van der Waals surface area contributed by atoms with E-state index in [1.165, 1.54) is 0 Å². The van der Waals surface area contributed by atoms with Gasteiger partial charge in [-0.1, -0.05) is 48.5 Å². The smallest absolute Gasteiger partial charge is 0.309 e. The third-order valence-corrected chi connectivity index (χ3v) is 4.10. The van der Waals surface area contributed by atoms with Gasteiger partial charge in [0.15, 0.2) is 0 Å². The van der Waals surface area contributed by atoms with E-state index in [0.29, 0.717) is 13.2 Å². The van der Waals surface area contributed by atoms with E-state index in [1.54, 1.807) is 0 Å². The summed E-state index contributed by atoms with van der Waals surface area (Å²) in [5, 5.41) is 0. The van der Waals surface area contributed by atoms with Crippen LogP contribution < -0.4 is 0 Å². The van der Waals surface area contributed by atoms with E-state index in [1.807, 2.05) is 50.2 Å². The van der Waals surface area contributed by atoms with Crippen LogP contribution in [0.2, 0.25) is 0 Å². The maximum absolute atomic E-state index is 12.2. The van der Waals surface area contributed by atoms with Crippen LogP contribution in [0.25, 0.3) is 11.1 Å². The largest absolute Gasteiger partial charge is 0.466 e. The van der Waals surface area contributed by atoms with Gasteiger partial charge in [0.2, 0.25) is 0 Å². The molecule has 0 heterocycles. The van der Waals surface area contributed by atoms with Crippen molar-refractivity contribution in [2.75, 3.05) is 13.2 Å². The monoisotopic (exact) mass is 296 g/mol. The molecule has 22 heavy (non-hydrogen) atoms. The first kappa shape index (κ1) is 14.8. The highest BCUT2D eigenvalue weighted by molar-refractivity contribution is 5.83. The van der Waals surface area contributed by atoms with Crippen molar-refractivity contribution in [3.05, 3.63) is 59.7 Å². The number of benzene rings is 2. The van der Waals surface area contributed by atoms with Crippen LogP contribution in [-0.2, 0) is 19.9 Å². The molecule has 0 unspecified atom stereocenters. The fraction of sp³-hybridized carbons (Fsp3) is 0.316. The zero-order chi connectivity index (χ0) is 15.6. The van der Waals surface area contributed by atoms with Crippen molar-refractivity contribution < 1.29 is 14.3 Å². The minimum absolute atomic E-state index is 0.197. The number of hydrogen-bond acceptors (Lipinski definition) is 3. The van der Waals surface area contributed by atoms with Gasteiger partial charge in [0.1, 0.15) is 5.60 Å². The average molecular weight is 296 g/mol. The fourth-order valence-corrected chi connectivity index (χ4v) is 3.34. The molecule has 0 amide bonds. The molecule has 3 heteroatoms. The standard InChI is InChI=1S/C19H20O3/c1-3-21-18(20)13-19(22-4-2)16-11-7-5-9-14(16)15-10-6-8-12-17(15)19/h5-12H,3-4,13H2,1-2H3. The zero-order valence-electron chi connectivity index (χ0n) is 13.0. The Labute approximate surface area is 130 Å². The van der Waals surface area contributed by atoms with Crippen molar-refractivity contribution in [3.8, 4) is 11.1 Å². The minimum atomic E-state index is -0.742. The molecule has 3 rings (SSSR count). The fourth-order valence-electron chi connectivity index (χ4n) is 3.34. The molecule has 0 saturated heterocycles. The van der Waals surface area contributed by atoms with Crippen LogP contribution in [0.5, 0.6) is 0 Å². The zero-order valence-corrected chi connectivity index (χ0v) is 13.0. The molecule has 0 bridgehead atoms. The second-order valence-electron chi connectivity index (χ2n) is 5.33. The summed E-state index contributed by atoms with van der Waals surface area (Å²) in [6.07, 6.45) is 0.197. The van der Waals surface area contributed by atoms with Gasteiger partial charge in [-0.05, 0) is 36.1 Å². The van der Waals surface area contributed by atoms with Crippen molar-refractivity contribution in [2.45, 2.75) is 25.9 Å². The summed E-state index contributed by atoms with van der Waals surface area (Å²) in [6.45, 7) is 4.69. The number of fused-ring (bicyclic) bond motifs is 3. The first-order chi connectivity index (χ1) is 10.7. The average Bonchev–Trinajstić information content (AvgIpc) is 2.80. The first-order valence-electron chi connectivity index (χ1n) is 7.72. The summed E-state index contributed by atoms with van der Waals surface area (Å²) in [7, 11) is 0. The van der Waals surface area contributed by atoms with E-state index in [2.05, 4.69) is 12.1 Å². The summed E-state index contributed by atoms with van der Waals surface area (Å²) in [5.41, 5.74) is 3.62. The van der Waals surface area contributed by atoms with Crippen LogP contribution in [0.4, 0.5) is 0 Å². The molecule has 1 aliphatic rings. The van der Waals surface area contributed by atoms with Gasteiger partial charge in [0, 0.05) is 6.61 Å². The lowest BCUT2D eigenvalue weighted by Crippen LogP contribution is -2.32. The first-order valence-corrected chi connectivity index (χ1v) is 7.72. The summed E-state index contributed by atoms with van der Waals surface area (Å²) < 4.78 is 11.3. The van der Waals surface area contributed by atoms with Crippen molar-refractivity contribution in [1.29, 1.82) is 0 Å². The maximum Gasteiger partial charge on any atom is 0.309 e. The van der Waals surface area contributed by atoms with Gasteiger partial charge >= 0.3 is 5.97 Å². The highest BCUT2D eigenvalue weighted by Gasteiger charge is 2.45. The summed E-state index contributed by atoms with van der Waals surface area (Å²) in [4.78, 5) is 12.2. The molecular weight excluding hydrogens is 276 g/mol. The van der Waals surface area contributed by atoms with Crippen molar-refractivity contribution >= 4 is 5.97 Å². The van der Waals surface area contributed by atoms with Gasteiger partial charge < -0.3 is 9.47 Å². The van der Waals surface area contributed by atoms with E-state index in [4.69, 9.17) is 9.47 Å². The number of carbonyl (C=O) groups is 1. The molecule has 0 radical (unpaired) electrons. The molecule has 0 aliphatic heterocycles. The van der Waals surface area contributed by atoms with Gasteiger partial charge in [-0.15, -0.1) is 0 Å². The third kappa shape index (κ3) is 2.22. The molecule has 1 aliphatic carbocycles. The van der Waals surface area contributed by atoms with Gasteiger partial charge in [-0.25, -0.2) is 0 Å².